The van der Waals surface area contributed by atoms with E-state index in [1.807, 2.05) is 50.2 Å². The number of aryl methyl sites for hydroxylation is 1. The molecule has 0 fully saturated rings. The number of carbonyl (C=O) groups excluding carboxylic acids is 1. The minimum atomic E-state index is -0.335. The Balaban J connectivity index is 1.58. The van der Waals surface area contributed by atoms with E-state index in [2.05, 4.69) is 39.6 Å². The highest BCUT2D eigenvalue weighted by Crippen LogP contribution is 2.24. The predicted molar refractivity (Wildman–Crippen MR) is 113 cm³/mol. The van der Waals surface area contributed by atoms with Crippen LogP contribution >= 0.6 is 11.8 Å². The number of nitrogens with zero attached hydrogens (tertiary/aromatic N) is 2. The van der Waals surface area contributed by atoms with E-state index in [9.17, 15) is 4.79 Å². The molecular weight excluding hydrogens is 372 g/mol. The summed E-state index contributed by atoms with van der Waals surface area (Å²) in [5.74, 6) is 1.38. The third-order valence-corrected chi connectivity index (χ3v) is 5.15. The quantitative estimate of drug-likeness (QED) is 0.546. The average Bonchev–Trinajstić information content (AvgIpc) is 3.18. The summed E-state index contributed by atoms with van der Waals surface area (Å²) in [6, 6.07) is 15.5. The first kappa shape index (κ1) is 19.9. The summed E-state index contributed by atoms with van der Waals surface area (Å²) in [6.07, 6.45) is 0.999. The molecule has 1 aromatic heterocycles. The lowest BCUT2D eigenvalue weighted by atomic mass is 10.1. The summed E-state index contributed by atoms with van der Waals surface area (Å²) in [5, 5.41) is 10.3. The van der Waals surface area contributed by atoms with Crippen molar-refractivity contribution in [1.82, 2.24) is 15.2 Å². The first-order chi connectivity index (χ1) is 13.6. The van der Waals surface area contributed by atoms with Gasteiger partial charge in [-0.25, -0.2) is 4.98 Å². The van der Waals surface area contributed by atoms with Gasteiger partial charge in [-0.05, 0) is 50.1 Å². The van der Waals surface area contributed by atoms with Crippen LogP contribution < -0.4 is 10.1 Å². The van der Waals surface area contributed by atoms with Gasteiger partial charge in [-0.15, -0.1) is 5.10 Å². The number of hydrogen-bond donors (Lipinski definition) is 2. The zero-order valence-electron chi connectivity index (χ0n) is 16.2. The van der Waals surface area contributed by atoms with Crippen LogP contribution in [0.25, 0.3) is 11.4 Å². The van der Waals surface area contributed by atoms with Crippen LogP contribution in [0.4, 0.5) is 5.69 Å². The molecular formula is C21H24N4O2S. The van der Waals surface area contributed by atoms with Gasteiger partial charge in [-0.3, -0.25) is 9.89 Å². The monoisotopic (exact) mass is 396 g/mol. The van der Waals surface area contributed by atoms with Crippen LogP contribution in [0.15, 0.2) is 53.7 Å². The standard InChI is InChI=1S/C21H24N4O2S/c1-4-15-6-8-16(9-7-15)19-23-21(25-24-19)28-14(3)20(26)22-17-10-12-18(13-11-17)27-5-2/h6-14H,4-5H2,1-3H3,(H,22,26)(H,23,24,25)/t14-/m1/s1. The van der Waals surface area contributed by atoms with Crippen LogP contribution in [0, 0.1) is 0 Å². The molecule has 0 unspecified atom stereocenters. The molecule has 1 amide bonds. The highest BCUT2D eigenvalue weighted by molar-refractivity contribution is 8.00. The fourth-order valence-electron chi connectivity index (χ4n) is 2.58. The smallest absolute Gasteiger partial charge is 0.237 e. The largest absolute Gasteiger partial charge is 0.494 e. The Morgan fingerprint density at radius 2 is 1.86 bits per heavy atom. The average molecular weight is 397 g/mol. The number of carbonyl (C=O) groups is 1. The maximum absolute atomic E-state index is 12.4. The fourth-order valence-corrected chi connectivity index (χ4v) is 3.31. The van der Waals surface area contributed by atoms with Crippen molar-refractivity contribution in [2.45, 2.75) is 37.6 Å². The summed E-state index contributed by atoms with van der Waals surface area (Å²) < 4.78 is 5.41. The van der Waals surface area contributed by atoms with E-state index in [4.69, 9.17) is 4.74 Å². The molecule has 0 radical (unpaired) electrons. The Kier molecular flexibility index (Phi) is 6.71. The van der Waals surface area contributed by atoms with Crippen molar-refractivity contribution in [1.29, 1.82) is 0 Å². The maximum Gasteiger partial charge on any atom is 0.237 e. The van der Waals surface area contributed by atoms with Crippen molar-refractivity contribution in [3.05, 3.63) is 54.1 Å². The molecule has 0 saturated heterocycles. The van der Waals surface area contributed by atoms with Crippen LogP contribution in [0.2, 0.25) is 0 Å². The van der Waals surface area contributed by atoms with Gasteiger partial charge in [-0.2, -0.15) is 0 Å². The summed E-state index contributed by atoms with van der Waals surface area (Å²) >= 11 is 1.32. The highest BCUT2D eigenvalue weighted by Gasteiger charge is 2.17. The predicted octanol–water partition coefficient (Wildman–Crippen LogP) is 4.55. The van der Waals surface area contributed by atoms with Crippen molar-refractivity contribution in [2.24, 2.45) is 0 Å². The van der Waals surface area contributed by atoms with E-state index in [0.29, 0.717) is 17.6 Å². The number of ether oxygens (including phenoxy) is 1. The van der Waals surface area contributed by atoms with Crippen molar-refractivity contribution >= 4 is 23.4 Å². The van der Waals surface area contributed by atoms with Gasteiger partial charge in [0.05, 0.1) is 11.9 Å². The Morgan fingerprint density at radius 3 is 2.50 bits per heavy atom. The highest BCUT2D eigenvalue weighted by atomic mass is 32.2. The van der Waals surface area contributed by atoms with E-state index in [1.54, 1.807) is 0 Å². The Bertz CT molecular complexity index is 907. The van der Waals surface area contributed by atoms with Gasteiger partial charge >= 0.3 is 0 Å². The molecule has 2 aromatic carbocycles. The number of amides is 1. The Morgan fingerprint density at radius 1 is 1.14 bits per heavy atom. The van der Waals surface area contributed by atoms with E-state index >= 15 is 0 Å². The van der Waals surface area contributed by atoms with Crippen LogP contribution in [-0.2, 0) is 11.2 Å². The van der Waals surface area contributed by atoms with Crippen LogP contribution in [-0.4, -0.2) is 32.9 Å². The van der Waals surface area contributed by atoms with Crippen molar-refractivity contribution in [3.8, 4) is 17.1 Å². The van der Waals surface area contributed by atoms with E-state index in [-0.39, 0.29) is 11.2 Å². The van der Waals surface area contributed by atoms with E-state index < -0.39 is 0 Å². The fraction of sp³-hybridized carbons (Fsp3) is 0.286. The molecule has 0 spiro atoms. The summed E-state index contributed by atoms with van der Waals surface area (Å²) in [5.41, 5.74) is 2.98. The third-order valence-electron chi connectivity index (χ3n) is 4.18. The summed E-state index contributed by atoms with van der Waals surface area (Å²) in [4.78, 5) is 16.9. The number of nitrogens with one attached hydrogen (secondary N) is 2. The number of aromatic nitrogens is 3. The number of rotatable bonds is 8. The molecule has 146 valence electrons. The summed E-state index contributed by atoms with van der Waals surface area (Å²) in [6.45, 7) is 6.50. The van der Waals surface area contributed by atoms with E-state index in [0.717, 1.165) is 23.4 Å². The molecule has 1 atom stereocenters. The zero-order valence-corrected chi connectivity index (χ0v) is 17.0. The minimum Gasteiger partial charge on any atom is -0.494 e. The van der Waals surface area contributed by atoms with Gasteiger partial charge in [0.15, 0.2) is 5.82 Å². The van der Waals surface area contributed by atoms with Gasteiger partial charge in [0, 0.05) is 11.3 Å². The Labute approximate surface area is 169 Å². The molecule has 7 heteroatoms. The normalized spacial score (nSPS) is 11.8. The molecule has 0 aliphatic carbocycles. The summed E-state index contributed by atoms with van der Waals surface area (Å²) in [7, 11) is 0. The maximum atomic E-state index is 12.4. The molecule has 28 heavy (non-hydrogen) atoms. The third kappa shape index (κ3) is 5.13. The Hall–Kier alpha value is -2.80. The van der Waals surface area contributed by atoms with Crippen LogP contribution in [0.1, 0.15) is 26.3 Å². The SMILES string of the molecule is CCOc1ccc(NC(=O)[C@@H](C)Sc2n[nH]c(-c3ccc(CC)cc3)n2)cc1. The molecule has 0 saturated carbocycles. The number of aromatic amines is 1. The van der Waals surface area contributed by atoms with Gasteiger partial charge in [0.25, 0.3) is 0 Å². The second-order valence-electron chi connectivity index (χ2n) is 6.22. The molecule has 2 N–H and O–H groups in total. The van der Waals surface area contributed by atoms with Gasteiger partial charge in [0.1, 0.15) is 5.75 Å². The number of anilines is 1. The first-order valence-corrected chi connectivity index (χ1v) is 10.2. The molecule has 0 bridgehead atoms. The topological polar surface area (TPSA) is 79.9 Å². The van der Waals surface area contributed by atoms with Crippen molar-refractivity contribution in [3.63, 3.8) is 0 Å². The molecule has 0 aliphatic rings. The molecule has 6 nitrogen and oxygen atoms in total. The second-order valence-corrected chi connectivity index (χ2v) is 7.53. The van der Waals surface area contributed by atoms with Crippen molar-refractivity contribution < 1.29 is 9.53 Å². The van der Waals surface area contributed by atoms with Crippen LogP contribution in [0.5, 0.6) is 5.75 Å². The van der Waals surface area contributed by atoms with E-state index in [1.165, 1.54) is 17.3 Å². The number of hydrogen-bond acceptors (Lipinski definition) is 5. The number of thioether (sulfide) groups is 1. The number of benzene rings is 2. The zero-order chi connectivity index (χ0) is 19.9. The first-order valence-electron chi connectivity index (χ1n) is 9.31. The number of H-pyrrole nitrogens is 1. The molecule has 3 rings (SSSR count). The van der Waals surface area contributed by atoms with Gasteiger partial charge in [0.2, 0.25) is 11.1 Å². The minimum absolute atomic E-state index is 0.104. The lowest BCUT2D eigenvalue weighted by Gasteiger charge is -2.10. The lowest BCUT2D eigenvalue weighted by Crippen LogP contribution is -2.22. The van der Waals surface area contributed by atoms with Gasteiger partial charge in [-0.1, -0.05) is 43.0 Å². The molecule has 3 aromatic rings. The van der Waals surface area contributed by atoms with Crippen molar-refractivity contribution in [2.75, 3.05) is 11.9 Å². The molecule has 0 aliphatic heterocycles. The lowest BCUT2D eigenvalue weighted by molar-refractivity contribution is -0.115. The van der Waals surface area contributed by atoms with Gasteiger partial charge < -0.3 is 10.1 Å². The molecule has 1 heterocycles. The van der Waals surface area contributed by atoms with Crippen LogP contribution in [0.3, 0.4) is 0 Å². The second kappa shape index (κ2) is 9.41.